The summed E-state index contributed by atoms with van der Waals surface area (Å²) < 4.78 is 5.37. The van der Waals surface area contributed by atoms with Crippen LogP contribution in [0.4, 0.5) is 16.2 Å². The number of ether oxygens (including phenoxy) is 1. The summed E-state index contributed by atoms with van der Waals surface area (Å²) in [5, 5.41) is 2.81. The minimum atomic E-state index is -0.215. The lowest BCUT2D eigenvalue weighted by molar-refractivity contribution is -0.116. The molecule has 1 N–H and O–H groups in total. The van der Waals surface area contributed by atoms with Crippen LogP contribution in [0.3, 0.4) is 0 Å². The highest BCUT2D eigenvalue weighted by atomic mass is 16.5. The molecule has 0 aliphatic carbocycles. The van der Waals surface area contributed by atoms with Crippen LogP contribution in [-0.2, 0) is 4.79 Å². The lowest BCUT2D eigenvalue weighted by Gasteiger charge is -2.18. The van der Waals surface area contributed by atoms with Crippen LogP contribution in [0.15, 0.2) is 54.6 Å². The maximum Gasteiger partial charge on any atom is 0.325 e. The number of para-hydroxylation sites is 1. The van der Waals surface area contributed by atoms with E-state index in [0.717, 1.165) is 11.4 Å². The van der Waals surface area contributed by atoms with Crippen molar-refractivity contribution < 1.29 is 14.3 Å². The predicted octanol–water partition coefficient (Wildman–Crippen LogP) is 2.97. The SMILES string of the molecule is CCOc1ccc(NC(=O)CN2CCN(c3ccccc3)C2=O)cc1. The first-order valence-electron chi connectivity index (χ1n) is 8.31. The molecular formula is C19H21N3O3. The number of amides is 3. The molecule has 0 aromatic heterocycles. The molecule has 0 bridgehead atoms. The second kappa shape index (κ2) is 7.70. The fourth-order valence-electron chi connectivity index (χ4n) is 2.75. The van der Waals surface area contributed by atoms with Crippen LogP contribution < -0.4 is 15.0 Å². The maximum absolute atomic E-state index is 12.5. The average molecular weight is 339 g/mol. The van der Waals surface area contributed by atoms with Gasteiger partial charge in [-0.3, -0.25) is 9.69 Å². The van der Waals surface area contributed by atoms with E-state index in [1.165, 1.54) is 0 Å². The Balaban J connectivity index is 1.55. The fourth-order valence-corrected chi connectivity index (χ4v) is 2.75. The summed E-state index contributed by atoms with van der Waals surface area (Å²) in [6.07, 6.45) is 0. The summed E-state index contributed by atoms with van der Waals surface area (Å²) >= 11 is 0. The molecule has 2 aromatic rings. The van der Waals surface area contributed by atoms with Gasteiger partial charge < -0.3 is 15.0 Å². The molecule has 25 heavy (non-hydrogen) atoms. The second-order valence-electron chi connectivity index (χ2n) is 5.70. The van der Waals surface area contributed by atoms with Crippen molar-refractivity contribution in [1.29, 1.82) is 0 Å². The molecule has 2 aromatic carbocycles. The van der Waals surface area contributed by atoms with Crippen LogP contribution in [0.25, 0.3) is 0 Å². The van der Waals surface area contributed by atoms with Gasteiger partial charge in [0.2, 0.25) is 5.91 Å². The van der Waals surface area contributed by atoms with Gasteiger partial charge in [0.25, 0.3) is 0 Å². The van der Waals surface area contributed by atoms with E-state index in [2.05, 4.69) is 5.32 Å². The van der Waals surface area contributed by atoms with Crippen molar-refractivity contribution in [3.63, 3.8) is 0 Å². The maximum atomic E-state index is 12.5. The number of nitrogens with one attached hydrogen (secondary N) is 1. The minimum absolute atomic E-state index is 0.0371. The van der Waals surface area contributed by atoms with Gasteiger partial charge in [-0.05, 0) is 43.3 Å². The molecule has 0 spiro atoms. The molecule has 1 heterocycles. The predicted molar refractivity (Wildman–Crippen MR) is 97.0 cm³/mol. The van der Waals surface area contributed by atoms with E-state index in [-0.39, 0.29) is 18.5 Å². The minimum Gasteiger partial charge on any atom is -0.494 e. The number of carbonyl (C=O) groups is 2. The second-order valence-corrected chi connectivity index (χ2v) is 5.70. The third-order valence-corrected chi connectivity index (χ3v) is 3.95. The van der Waals surface area contributed by atoms with Gasteiger partial charge >= 0.3 is 6.03 Å². The molecule has 0 atom stereocenters. The standard InChI is InChI=1S/C19H21N3O3/c1-2-25-17-10-8-15(9-11-17)20-18(23)14-21-12-13-22(19(21)24)16-6-4-3-5-7-16/h3-11H,2,12-14H2,1H3,(H,20,23). The molecule has 3 amide bonds. The Morgan fingerprint density at radius 1 is 1.08 bits per heavy atom. The number of hydrogen-bond donors (Lipinski definition) is 1. The lowest BCUT2D eigenvalue weighted by atomic mass is 10.3. The van der Waals surface area contributed by atoms with Crippen LogP contribution >= 0.6 is 0 Å². The highest BCUT2D eigenvalue weighted by Crippen LogP contribution is 2.20. The van der Waals surface area contributed by atoms with E-state index in [1.807, 2.05) is 37.3 Å². The largest absolute Gasteiger partial charge is 0.494 e. The van der Waals surface area contributed by atoms with Crippen molar-refractivity contribution in [2.45, 2.75) is 6.92 Å². The molecule has 0 unspecified atom stereocenters. The zero-order chi connectivity index (χ0) is 17.6. The van der Waals surface area contributed by atoms with E-state index < -0.39 is 0 Å². The van der Waals surface area contributed by atoms with Crippen LogP contribution in [0.1, 0.15) is 6.92 Å². The Kier molecular flexibility index (Phi) is 5.18. The Morgan fingerprint density at radius 3 is 2.48 bits per heavy atom. The third-order valence-electron chi connectivity index (χ3n) is 3.95. The molecule has 0 radical (unpaired) electrons. The van der Waals surface area contributed by atoms with Gasteiger partial charge in [0.05, 0.1) is 6.61 Å². The van der Waals surface area contributed by atoms with Gasteiger partial charge in [0.1, 0.15) is 12.3 Å². The van der Waals surface area contributed by atoms with Crippen LogP contribution in [0, 0.1) is 0 Å². The van der Waals surface area contributed by atoms with Gasteiger partial charge in [0, 0.05) is 24.5 Å². The van der Waals surface area contributed by atoms with E-state index in [4.69, 9.17) is 4.74 Å². The number of benzene rings is 2. The van der Waals surface area contributed by atoms with Gasteiger partial charge in [-0.2, -0.15) is 0 Å². The van der Waals surface area contributed by atoms with Crippen molar-refractivity contribution in [1.82, 2.24) is 4.90 Å². The van der Waals surface area contributed by atoms with E-state index in [9.17, 15) is 9.59 Å². The van der Waals surface area contributed by atoms with E-state index in [1.54, 1.807) is 34.1 Å². The molecule has 6 heteroatoms. The zero-order valence-electron chi connectivity index (χ0n) is 14.1. The van der Waals surface area contributed by atoms with Crippen LogP contribution in [0.2, 0.25) is 0 Å². The summed E-state index contributed by atoms with van der Waals surface area (Å²) in [7, 11) is 0. The smallest absolute Gasteiger partial charge is 0.325 e. The molecule has 0 saturated carbocycles. The Hall–Kier alpha value is -3.02. The molecular weight excluding hydrogens is 318 g/mol. The number of anilines is 2. The number of carbonyl (C=O) groups excluding carboxylic acids is 2. The summed E-state index contributed by atoms with van der Waals surface area (Å²) in [5.74, 6) is 0.543. The lowest BCUT2D eigenvalue weighted by Crippen LogP contribution is -2.37. The van der Waals surface area contributed by atoms with Crippen LogP contribution in [0.5, 0.6) is 5.75 Å². The molecule has 1 aliphatic heterocycles. The van der Waals surface area contributed by atoms with Crippen molar-refractivity contribution in [2.24, 2.45) is 0 Å². The Morgan fingerprint density at radius 2 is 1.80 bits per heavy atom. The first-order valence-corrected chi connectivity index (χ1v) is 8.31. The Bertz CT molecular complexity index is 731. The summed E-state index contributed by atoms with van der Waals surface area (Å²) in [6, 6.07) is 16.5. The molecule has 130 valence electrons. The number of hydrogen-bond acceptors (Lipinski definition) is 3. The molecule has 6 nitrogen and oxygen atoms in total. The molecule has 1 aliphatic rings. The fraction of sp³-hybridized carbons (Fsp3) is 0.263. The van der Waals surface area contributed by atoms with Crippen molar-refractivity contribution in [3.8, 4) is 5.75 Å². The number of rotatable bonds is 6. The van der Waals surface area contributed by atoms with Gasteiger partial charge in [-0.15, -0.1) is 0 Å². The van der Waals surface area contributed by atoms with E-state index in [0.29, 0.717) is 25.4 Å². The van der Waals surface area contributed by atoms with Gasteiger partial charge in [-0.1, -0.05) is 18.2 Å². The summed E-state index contributed by atoms with van der Waals surface area (Å²) in [4.78, 5) is 27.9. The monoisotopic (exact) mass is 339 g/mol. The van der Waals surface area contributed by atoms with Gasteiger partial charge in [0.15, 0.2) is 0 Å². The Labute approximate surface area is 147 Å². The topological polar surface area (TPSA) is 61.9 Å². The summed E-state index contributed by atoms with van der Waals surface area (Å²) in [6.45, 7) is 3.67. The molecule has 1 saturated heterocycles. The number of urea groups is 1. The van der Waals surface area contributed by atoms with Crippen molar-refractivity contribution in [2.75, 3.05) is 36.5 Å². The van der Waals surface area contributed by atoms with Crippen LogP contribution in [-0.4, -0.2) is 43.1 Å². The van der Waals surface area contributed by atoms with Crippen molar-refractivity contribution >= 4 is 23.3 Å². The van der Waals surface area contributed by atoms with Crippen molar-refractivity contribution in [3.05, 3.63) is 54.6 Å². The quantitative estimate of drug-likeness (QED) is 0.880. The highest BCUT2D eigenvalue weighted by molar-refractivity contribution is 5.99. The average Bonchev–Trinajstić information content (AvgIpc) is 2.98. The zero-order valence-corrected chi connectivity index (χ0v) is 14.1. The molecule has 1 fully saturated rings. The van der Waals surface area contributed by atoms with Gasteiger partial charge in [-0.25, -0.2) is 4.79 Å². The van der Waals surface area contributed by atoms with E-state index >= 15 is 0 Å². The first-order chi connectivity index (χ1) is 12.2. The third kappa shape index (κ3) is 4.09. The highest BCUT2D eigenvalue weighted by Gasteiger charge is 2.30. The normalized spacial score (nSPS) is 13.9. The summed E-state index contributed by atoms with van der Waals surface area (Å²) in [5.41, 5.74) is 1.53. The first kappa shape index (κ1) is 16.8. The molecule has 3 rings (SSSR count). The number of nitrogens with zero attached hydrogens (tertiary/aromatic N) is 2.